The van der Waals surface area contributed by atoms with E-state index in [2.05, 4.69) is 5.10 Å². The SMILES string of the molecule is CCOC(=O)C1=NN(c2ccccc2OC)[C@@H]2C(=O)N(c3cccc(Cl)c3C)C(=O)[C@H]12. The largest absolute Gasteiger partial charge is 0.495 e. The van der Waals surface area contributed by atoms with E-state index in [-0.39, 0.29) is 12.3 Å². The number of imide groups is 1. The van der Waals surface area contributed by atoms with Crippen molar-refractivity contribution in [3.05, 3.63) is 53.1 Å². The van der Waals surface area contributed by atoms with E-state index in [1.54, 1.807) is 56.3 Å². The van der Waals surface area contributed by atoms with Crippen LogP contribution in [0.5, 0.6) is 5.75 Å². The van der Waals surface area contributed by atoms with Crippen LogP contribution in [0.3, 0.4) is 0 Å². The van der Waals surface area contributed by atoms with Crippen LogP contribution in [0, 0.1) is 12.8 Å². The van der Waals surface area contributed by atoms with Crippen LogP contribution in [0.2, 0.25) is 5.02 Å². The summed E-state index contributed by atoms with van der Waals surface area (Å²) in [4.78, 5) is 40.7. The normalized spacial score (nSPS) is 20.1. The highest BCUT2D eigenvalue weighted by molar-refractivity contribution is 6.47. The van der Waals surface area contributed by atoms with Crippen molar-refractivity contribution in [3.63, 3.8) is 0 Å². The first-order valence-electron chi connectivity index (χ1n) is 9.71. The standard InChI is InChI=1S/C22H20ClN3O5/c1-4-31-22(29)18-17-19(26(24-18)15-9-5-6-11-16(15)30-3)21(28)25(20(17)27)14-10-7-8-13(23)12(14)2/h5-11,17,19H,4H2,1-3H3/t17-,19+/m1/s1. The molecule has 0 radical (unpaired) electrons. The molecule has 4 rings (SSSR count). The molecule has 0 unspecified atom stereocenters. The van der Waals surface area contributed by atoms with Crippen LogP contribution in [0.15, 0.2) is 47.6 Å². The minimum atomic E-state index is -1.10. The van der Waals surface area contributed by atoms with Gasteiger partial charge in [-0.1, -0.05) is 29.8 Å². The van der Waals surface area contributed by atoms with Crippen molar-refractivity contribution < 1.29 is 23.9 Å². The first-order chi connectivity index (χ1) is 14.9. The van der Waals surface area contributed by atoms with Crippen LogP contribution in [-0.4, -0.2) is 43.3 Å². The first-order valence-corrected chi connectivity index (χ1v) is 10.1. The Kier molecular flexibility index (Phi) is 5.41. The van der Waals surface area contributed by atoms with Gasteiger partial charge in [0, 0.05) is 5.02 Å². The third kappa shape index (κ3) is 3.23. The summed E-state index contributed by atoms with van der Waals surface area (Å²) in [5, 5.41) is 6.14. The van der Waals surface area contributed by atoms with Gasteiger partial charge in [-0.2, -0.15) is 5.10 Å². The number of benzene rings is 2. The zero-order valence-corrected chi connectivity index (χ0v) is 17.9. The van der Waals surface area contributed by atoms with E-state index in [0.717, 1.165) is 4.90 Å². The number of fused-ring (bicyclic) bond motifs is 1. The summed E-state index contributed by atoms with van der Waals surface area (Å²) in [6.45, 7) is 3.50. The van der Waals surface area contributed by atoms with Crippen LogP contribution in [0.1, 0.15) is 12.5 Å². The Morgan fingerprint density at radius 1 is 1.10 bits per heavy atom. The Morgan fingerprint density at radius 3 is 2.52 bits per heavy atom. The number of carbonyl (C=O) groups is 3. The molecule has 2 amide bonds. The van der Waals surface area contributed by atoms with Crippen molar-refractivity contribution in [1.82, 2.24) is 0 Å². The number of hydrogen-bond donors (Lipinski definition) is 0. The van der Waals surface area contributed by atoms with Crippen molar-refractivity contribution in [2.75, 3.05) is 23.6 Å². The number of amides is 2. The summed E-state index contributed by atoms with van der Waals surface area (Å²) in [5.74, 6) is -2.44. The number of ether oxygens (including phenoxy) is 2. The second-order valence-corrected chi connectivity index (χ2v) is 7.45. The zero-order valence-electron chi connectivity index (χ0n) is 17.2. The molecule has 2 aromatic rings. The molecular weight excluding hydrogens is 422 g/mol. The van der Waals surface area contributed by atoms with Gasteiger partial charge < -0.3 is 9.47 Å². The van der Waals surface area contributed by atoms with Crippen molar-refractivity contribution >= 4 is 46.5 Å². The Bertz CT molecular complexity index is 1120. The maximum Gasteiger partial charge on any atom is 0.355 e. The molecule has 160 valence electrons. The summed E-state index contributed by atoms with van der Waals surface area (Å²) in [7, 11) is 1.49. The van der Waals surface area contributed by atoms with Gasteiger partial charge in [0.1, 0.15) is 23.4 Å². The fourth-order valence-corrected chi connectivity index (χ4v) is 4.05. The monoisotopic (exact) mass is 441 g/mol. The predicted octanol–water partition coefficient (Wildman–Crippen LogP) is 2.95. The number of para-hydroxylation sites is 2. The summed E-state index contributed by atoms with van der Waals surface area (Å²) in [6.07, 6.45) is 0. The molecule has 31 heavy (non-hydrogen) atoms. The minimum absolute atomic E-state index is 0.113. The molecule has 2 aliphatic rings. The van der Waals surface area contributed by atoms with E-state index in [4.69, 9.17) is 21.1 Å². The van der Waals surface area contributed by atoms with Gasteiger partial charge in [-0.15, -0.1) is 0 Å². The molecule has 2 atom stereocenters. The Morgan fingerprint density at radius 2 is 1.81 bits per heavy atom. The third-order valence-corrected chi connectivity index (χ3v) is 5.76. The predicted molar refractivity (Wildman–Crippen MR) is 116 cm³/mol. The van der Waals surface area contributed by atoms with Gasteiger partial charge in [-0.3, -0.25) is 9.59 Å². The highest BCUT2D eigenvalue weighted by Crippen LogP contribution is 2.42. The lowest BCUT2D eigenvalue weighted by molar-refractivity contribution is -0.136. The van der Waals surface area contributed by atoms with E-state index in [1.165, 1.54) is 12.1 Å². The average molecular weight is 442 g/mol. The Hall–Kier alpha value is -3.39. The van der Waals surface area contributed by atoms with E-state index in [9.17, 15) is 14.4 Å². The van der Waals surface area contributed by atoms with Crippen LogP contribution >= 0.6 is 11.6 Å². The number of carbonyl (C=O) groups excluding carboxylic acids is 3. The smallest absolute Gasteiger partial charge is 0.355 e. The summed E-state index contributed by atoms with van der Waals surface area (Å²) in [6, 6.07) is 10.9. The molecule has 0 N–H and O–H groups in total. The molecule has 0 bridgehead atoms. The number of esters is 1. The van der Waals surface area contributed by atoms with Crippen molar-refractivity contribution in [3.8, 4) is 5.75 Å². The molecule has 2 aliphatic heterocycles. The fourth-order valence-electron chi connectivity index (χ4n) is 3.88. The van der Waals surface area contributed by atoms with E-state index in [0.29, 0.717) is 27.7 Å². The van der Waals surface area contributed by atoms with Crippen LogP contribution in [0.25, 0.3) is 0 Å². The number of hydrogen-bond acceptors (Lipinski definition) is 7. The molecule has 1 saturated heterocycles. The number of nitrogens with zero attached hydrogens (tertiary/aromatic N) is 3. The molecule has 0 aromatic heterocycles. The fraction of sp³-hybridized carbons (Fsp3) is 0.273. The maximum absolute atomic E-state index is 13.5. The summed E-state index contributed by atoms with van der Waals surface area (Å²) in [5.41, 5.74) is 1.31. The third-order valence-electron chi connectivity index (χ3n) is 5.35. The molecule has 1 fully saturated rings. The molecular formula is C22H20ClN3O5. The number of halogens is 1. The lowest BCUT2D eigenvalue weighted by Crippen LogP contribution is -2.39. The Labute approximate surface area is 184 Å². The topological polar surface area (TPSA) is 88.5 Å². The maximum atomic E-state index is 13.5. The van der Waals surface area contributed by atoms with E-state index >= 15 is 0 Å². The molecule has 9 heteroatoms. The number of rotatable bonds is 5. The molecule has 0 saturated carbocycles. The molecule has 0 spiro atoms. The van der Waals surface area contributed by atoms with Gasteiger partial charge in [0.15, 0.2) is 5.71 Å². The molecule has 2 aromatic carbocycles. The van der Waals surface area contributed by atoms with Gasteiger partial charge >= 0.3 is 5.97 Å². The van der Waals surface area contributed by atoms with Gasteiger partial charge in [0.05, 0.1) is 19.4 Å². The quantitative estimate of drug-likeness (QED) is 0.523. The van der Waals surface area contributed by atoms with Crippen LogP contribution < -0.4 is 14.6 Å². The molecule has 8 nitrogen and oxygen atoms in total. The van der Waals surface area contributed by atoms with Crippen molar-refractivity contribution in [2.45, 2.75) is 19.9 Å². The van der Waals surface area contributed by atoms with Gasteiger partial charge in [0.2, 0.25) is 5.91 Å². The van der Waals surface area contributed by atoms with Gasteiger partial charge in [-0.05, 0) is 43.7 Å². The molecule has 2 heterocycles. The lowest BCUT2D eigenvalue weighted by atomic mass is 9.97. The van der Waals surface area contributed by atoms with E-state index in [1.807, 2.05) is 0 Å². The zero-order chi connectivity index (χ0) is 22.3. The van der Waals surface area contributed by atoms with Gasteiger partial charge in [-0.25, -0.2) is 14.7 Å². The minimum Gasteiger partial charge on any atom is -0.495 e. The van der Waals surface area contributed by atoms with Crippen molar-refractivity contribution in [2.24, 2.45) is 11.0 Å². The summed E-state index contributed by atoms with van der Waals surface area (Å²) < 4.78 is 10.5. The number of methoxy groups -OCH3 is 1. The highest BCUT2D eigenvalue weighted by Gasteiger charge is 2.59. The van der Waals surface area contributed by atoms with E-state index < -0.39 is 29.7 Å². The molecule has 0 aliphatic carbocycles. The van der Waals surface area contributed by atoms with Crippen LogP contribution in [0.4, 0.5) is 11.4 Å². The highest BCUT2D eigenvalue weighted by atomic mass is 35.5. The van der Waals surface area contributed by atoms with Gasteiger partial charge in [0.25, 0.3) is 5.91 Å². The number of anilines is 2. The van der Waals surface area contributed by atoms with Crippen LogP contribution in [-0.2, 0) is 19.1 Å². The summed E-state index contributed by atoms with van der Waals surface area (Å²) >= 11 is 6.22. The lowest BCUT2D eigenvalue weighted by Gasteiger charge is -2.24. The Balaban J connectivity index is 1.85. The second-order valence-electron chi connectivity index (χ2n) is 7.04. The first kappa shape index (κ1) is 20.9. The number of hydrazone groups is 1. The second kappa shape index (κ2) is 8.03. The average Bonchev–Trinajstić information content (AvgIpc) is 3.27. The van der Waals surface area contributed by atoms with Crippen molar-refractivity contribution in [1.29, 1.82) is 0 Å².